The molecule has 3 atom stereocenters. The van der Waals surface area contributed by atoms with Crippen molar-refractivity contribution in [2.45, 2.75) is 51.9 Å². The van der Waals surface area contributed by atoms with Gasteiger partial charge in [0.2, 0.25) is 0 Å². The van der Waals surface area contributed by atoms with E-state index in [1.807, 2.05) is 0 Å². The van der Waals surface area contributed by atoms with Gasteiger partial charge in [0.15, 0.2) is 0 Å². The molecule has 0 aromatic rings. The number of fused-ring (bicyclic) bond motifs is 1. The van der Waals surface area contributed by atoms with E-state index in [4.69, 9.17) is 4.74 Å². The molecule has 3 unspecified atom stereocenters. The number of piperidine rings is 1. The first-order chi connectivity index (χ1) is 10.3. The van der Waals surface area contributed by atoms with Crippen molar-refractivity contribution < 1.29 is 4.74 Å². The minimum atomic E-state index is 0.371. The van der Waals surface area contributed by atoms with E-state index in [0.717, 1.165) is 38.1 Å². The molecule has 3 rings (SSSR count). The van der Waals surface area contributed by atoms with Crippen molar-refractivity contribution in [2.24, 2.45) is 17.3 Å². The molecule has 3 nitrogen and oxygen atoms in total. The van der Waals surface area contributed by atoms with E-state index < -0.39 is 0 Å². The van der Waals surface area contributed by atoms with Crippen molar-refractivity contribution in [3.8, 4) is 0 Å². The molecule has 3 aliphatic rings. The zero-order chi connectivity index (χ0) is 14.5. The van der Waals surface area contributed by atoms with Crippen molar-refractivity contribution >= 4 is 0 Å². The average Bonchev–Trinajstić information content (AvgIpc) is 2.54. The highest BCUT2D eigenvalue weighted by molar-refractivity contribution is 4.91. The van der Waals surface area contributed by atoms with Gasteiger partial charge in [-0.3, -0.25) is 0 Å². The van der Waals surface area contributed by atoms with Crippen LogP contribution in [0.2, 0.25) is 0 Å². The summed E-state index contributed by atoms with van der Waals surface area (Å²) < 4.78 is 5.86. The summed E-state index contributed by atoms with van der Waals surface area (Å²) in [5.74, 6) is 2.04. The molecular weight excluding hydrogens is 260 g/mol. The zero-order valence-electron chi connectivity index (χ0n) is 13.9. The average molecular weight is 294 g/mol. The Hall–Kier alpha value is -0.120. The molecule has 0 bridgehead atoms. The molecule has 2 aliphatic heterocycles. The number of hydrogen-bond acceptors (Lipinski definition) is 3. The molecule has 3 heteroatoms. The third-order valence-corrected chi connectivity index (χ3v) is 6.09. The van der Waals surface area contributed by atoms with Gasteiger partial charge in [0.25, 0.3) is 0 Å². The van der Waals surface area contributed by atoms with Gasteiger partial charge in [-0.15, -0.1) is 0 Å². The monoisotopic (exact) mass is 294 g/mol. The molecule has 1 aliphatic carbocycles. The molecule has 3 fully saturated rings. The highest BCUT2D eigenvalue weighted by Gasteiger charge is 2.38. The van der Waals surface area contributed by atoms with Crippen LogP contribution in [0.1, 0.15) is 51.9 Å². The topological polar surface area (TPSA) is 24.5 Å². The van der Waals surface area contributed by atoms with Crippen molar-refractivity contribution in [1.82, 2.24) is 10.2 Å². The van der Waals surface area contributed by atoms with Crippen molar-refractivity contribution in [2.75, 3.05) is 45.9 Å². The fourth-order valence-electron chi connectivity index (χ4n) is 4.91. The Morgan fingerprint density at radius 3 is 2.76 bits per heavy atom. The number of hydrogen-bond donors (Lipinski definition) is 1. The van der Waals surface area contributed by atoms with E-state index in [2.05, 4.69) is 17.1 Å². The van der Waals surface area contributed by atoms with Crippen LogP contribution in [0.5, 0.6) is 0 Å². The SMILES string of the molecule is CCNCC1(CN2CCC3CCCCC3C2)CCCOC1. The first-order valence-electron chi connectivity index (χ1n) is 9.32. The van der Waals surface area contributed by atoms with Crippen LogP contribution in [0.4, 0.5) is 0 Å². The highest BCUT2D eigenvalue weighted by atomic mass is 16.5. The molecule has 0 radical (unpaired) electrons. The van der Waals surface area contributed by atoms with Crippen LogP contribution in [-0.4, -0.2) is 50.8 Å². The summed E-state index contributed by atoms with van der Waals surface area (Å²) >= 11 is 0. The summed E-state index contributed by atoms with van der Waals surface area (Å²) in [6, 6.07) is 0. The van der Waals surface area contributed by atoms with E-state index in [9.17, 15) is 0 Å². The molecule has 122 valence electrons. The molecule has 0 aromatic heterocycles. The van der Waals surface area contributed by atoms with Crippen LogP contribution in [0.15, 0.2) is 0 Å². The predicted molar refractivity (Wildman–Crippen MR) is 87.5 cm³/mol. The van der Waals surface area contributed by atoms with Gasteiger partial charge in [-0.05, 0) is 50.6 Å². The molecule has 2 heterocycles. The molecule has 2 saturated heterocycles. The second-order valence-electron chi connectivity index (χ2n) is 7.76. The maximum absolute atomic E-state index is 5.86. The molecule has 0 amide bonds. The van der Waals surface area contributed by atoms with Crippen molar-refractivity contribution in [3.63, 3.8) is 0 Å². The number of likely N-dealkylation sites (tertiary alicyclic amines) is 1. The predicted octanol–water partition coefficient (Wildman–Crippen LogP) is 2.90. The number of ether oxygens (including phenoxy) is 1. The molecule has 0 spiro atoms. The first kappa shape index (κ1) is 15.8. The first-order valence-corrected chi connectivity index (χ1v) is 9.32. The lowest BCUT2D eigenvalue weighted by Gasteiger charge is -2.46. The number of nitrogens with zero attached hydrogens (tertiary/aromatic N) is 1. The van der Waals surface area contributed by atoms with E-state index in [-0.39, 0.29) is 0 Å². The van der Waals surface area contributed by atoms with Gasteiger partial charge in [-0.25, -0.2) is 0 Å². The summed E-state index contributed by atoms with van der Waals surface area (Å²) in [6.45, 7) is 10.3. The summed E-state index contributed by atoms with van der Waals surface area (Å²) in [5.41, 5.74) is 0.371. The lowest BCUT2D eigenvalue weighted by molar-refractivity contribution is -0.0384. The molecule has 1 N–H and O–H groups in total. The van der Waals surface area contributed by atoms with Gasteiger partial charge in [0.1, 0.15) is 0 Å². The zero-order valence-corrected chi connectivity index (χ0v) is 13.9. The third kappa shape index (κ3) is 4.00. The Morgan fingerprint density at radius 1 is 1.14 bits per heavy atom. The highest BCUT2D eigenvalue weighted by Crippen LogP contribution is 2.38. The quantitative estimate of drug-likeness (QED) is 0.844. The molecular formula is C18H34N2O. The van der Waals surface area contributed by atoms with Gasteiger partial charge in [-0.2, -0.15) is 0 Å². The van der Waals surface area contributed by atoms with Crippen LogP contribution < -0.4 is 5.32 Å². The summed E-state index contributed by atoms with van der Waals surface area (Å²) in [5, 5.41) is 3.60. The summed E-state index contributed by atoms with van der Waals surface area (Å²) in [7, 11) is 0. The van der Waals surface area contributed by atoms with E-state index in [0.29, 0.717) is 5.41 Å². The van der Waals surface area contributed by atoms with Crippen molar-refractivity contribution in [1.29, 1.82) is 0 Å². The lowest BCUT2D eigenvalue weighted by Crippen LogP contribution is -2.52. The standard InChI is InChI=1S/C18H34N2O/c1-2-19-13-18(9-5-11-21-15-18)14-20-10-8-16-6-3-4-7-17(16)12-20/h16-17,19H,2-15H2,1H3. The lowest BCUT2D eigenvalue weighted by atomic mass is 9.74. The van der Waals surface area contributed by atoms with E-state index in [1.54, 1.807) is 0 Å². The van der Waals surface area contributed by atoms with Gasteiger partial charge >= 0.3 is 0 Å². The second kappa shape index (κ2) is 7.43. The van der Waals surface area contributed by atoms with Gasteiger partial charge in [0.05, 0.1) is 6.61 Å². The van der Waals surface area contributed by atoms with Crippen LogP contribution >= 0.6 is 0 Å². The molecule has 1 saturated carbocycles. The van der Waals surface area contributed by atoms with Crippen LogP contribution in [0.25, 0.3) is 0 Å². The number of rotatable bonds is 5. The smallest absolute Gasteiger partial charge is 0.0546 e. The third-order valence-electron chi connectivity index (χ3n) is 6.09. The maximum Gasteiger partial charge on any atom is 0.0546 e. The minimum absolute atomic E-state index is 0.371. The van der Waals surface area contributed by atoms with E-state index in [1.165, 1.54) is 64.6 Å². The van der Waals surface area contributed by atoms with Crippen LogP contribution in [0.3, 0.4) is 0 Å². The second-order valence-corrected chi connectivity index (χ2v) is 7.76. The van der Waals surface area contributed by atoms with Gasteiger partial charge < -0.3 is 15.0 Å². The van der Waals surface area contributed by atoms with Gasteiger partial charge in [-0.1, -0.05) is 26.2 Å². The Labute approximate surface area is 130 Å². The largest absolute Gasteiger partial charge is 0.381 e. The van der Waals surface area contributed by atoms with Crippen LogP contribution in [0, 0.1) is 17.3 Å². The summed E-state index contributed by atoms with van der Waals surface area (Å²) in [6.07, 6.45) is 9.97. The van der Waals surface area contributed by atoms with Gasteiger partial charge in [0, 0.05) is 31.7 Å². The Balaban J connectivity index is 1.57. The van der Waals surface area contributed by atoms with Crippen LogP contribution in [-0.2, 0) is 4.74 Å². The Bertz CT molecular complexity index is 314. The Morgan fingerprint density at radius 2 is 2.00 bits per heavy atom. The normalized spacial score (nSPS) is 38.1. The maximum atomic E-state index is 5.86. The Kier molecular flexibility index (Phi) is 5.58. The summed E-state index contributed by atoms with van der Waals surface area (Å²) in [4.78, 5) is 2.78. The number of nitrogens with one attached hydrogen (secondary N) is 1. The molecule has 0 aromatic carbocycles. The fourth-order valence-corrected chi connectivity index (χ4v) is 4.91. The van der Waals surface area contributed by atoms with E-state index >= 15 is 0 Å². The fraction of sp³-hybridized carbons (Fsp3) is 1.00. The van der Waals surface area contributed by atoms with Crippen molar-refractivity contribution in [3.05, 3.63) is 0 Å². The minimum Gasteiger partial charge on any atom is -0.381 e. The molecule has 21 heavy (non-hydrogen) atoms.